The monoisotopic (exact) mass is 301 g/mol. The third kappa shape index (κ3) is 3.46. The van der Waals surface area contributed by atoms with E-state index in [1.165, 1.54) is 6.26 Å². The van der Waals surface area contributed by atoms with E-state index in [1.807, 2.05) is 12.1 Å². The number of hydrogen-bond donors (Lipinski definition) is 3. The minimum atomic E-state index is -0.230. The van der Waals surface area contributed by atoms with E-state index >= 15 is 0 Å². The zero-order valence-electron chi connectivity index (χ0n) is 12.2. The van der Waals surface area contributed by atoms with Crippen LogP contribution in [-0.2, 0) is 6.42 Å². The topological polar surface area (TPSA) is 87.4 Å². The van der Waals surface area contributed by atoms with Gasteiger partial charge in [0, 0.05) is 6.54 Å². The number of carbonyl (C=O) groups is 1. The van der Waals surface area contributed by atoms with Crippen molar-refractivity contribution in [3.63, 3.8) is 0 Å². The maximum atomic E-state index is 12.0. The van der Waals surface area contributed by atoms with Crippen molar-refractivity contribution >= 4 is 5.91 Å². The highest BCUT2D eigenvalue weighted by Gasteiger charge is 2.22. The van der Waals surface area contributed by atoms with E-state index < -0.39 is 0 Å². The number of nitrogens with zero attached hydrogens (tertiary/aromatic N) is 1. The van der Waals surface area contributed by atoms with Crippen molar-refractivity contribution in [2.75, 3.05) is 13.1 Å². The Morgan fingerprint density at radius 1 is 1.41 bits per heavy atom. The fraction of sp³-hybridized carbons (Fsp3) is 0.375. The second kappa shape index (κ2) is 6.62. The highest BCUT2D eigenvalue weighted by atomic mass is 16.3. The number of aromatic nitrogens is 1. The lowest BCUT2D eigenvalue weighted by molar-refractivity contribution is 0.0949. The Kier molecular flexibility index (Phi) is 4.39. The van der Waals surface area contributed by atoms with Gasteiger partial charge >= 0.3 is 0 Å². The number of phenols is 1. The number of benzene rings is 1. The van der Waals surface area contributed by atoms with E-state index in [-0.39, 0.29) is 17.7 Å². The molecule has 1 aliphatic rings. The normalized spacial score (nSPS) is 17.5. The largest absolute Gasteiger partial charge is 0.508 e. The molecule has 3 N–H and O–H groups in total. The molecular weight excluding hydrogens is 282 g/mol. The molecule has 1 amide bonds. The number of rotatable bonds is 5. The molecule has 0 aliphatic carbocycles. The Labute approximate surface area is 128 Å². The molecule has 0 saturated carbocycles. The van der Waals surface area contributed by atoms with E-state index in [0.717, 1.165) is 24.9 Å². The van der Waals surface area contributed by atoms with Gasteiger partial charge < -0.3 is 20.2 Å². The molecule has 1 aliphatic heterocycles. The van der Waals surface area contributed by atoms with Crippen LogP contribution in [-0.4, -0.2) is 29.1 Å². The van der Waals surface area contributed by atoms with Crippen LogP contribution in [0.3, 0.4) is 0 Å². The summed E-state index contributed by atoms with van der Waals surface area (Å²) in [5.41, 5.74) is 1.36. The summed E-state index contributed by atoms with van der Waals surface area (Å²) in [5, 5.41) is 15.3. The van der Waals surface area contributed by atoms with Crippen molar-refractivity contribution in [2.24, 2.45) is 0 Å². The van der Waals surface area contributed by atoms with E-state index in [0.29, 0.717) is 24.6 Å². The summed E-state index contributed by atoms with van der Waals surface area (Å²) >= 11 is 0. The highest BCUT2D eigenvalue weighted by molar-refractivity contribution is 5.91. The smallest absolute Gasteiger partial charge is 0.273 e. The molecule has 3 rings (SSSR count). The SMILES string of the molecule is O=C(NCCc1ccc(O)cc1)c1coc(C2CCCN2)n1. The first-order valence-electron chi connectivity index (χ1n) is 7.47. The van der Waals surface area contributed by atoms with Gasteiger partial charge in [0.05, 0.1) is 6.04 Å². The van der Waals surface area contributed by atoms with Crippen molar-refractivity contribution in [3.05, 3.63) is 47.7 Å². The number of carbonyl (C=O) groups excluding carboxylic acids is 1. The minimum Gasteiger partial charge on any atom is -0.508 e. The molecule has 6 heteroatoms. The van der Waals surface area contributed by atoms with Crippen LogP contribution < -0.4 is 10.6 Å². The average Bonchev–Trinajstić information content (AvgIpc) is 3.20. The van der Waals surface area contributed by atoms with Crippen LogP contribution in [0.25, 0.3) is 0 Å². The van der Waals surface area contributed by atoms with Gasteiger partial charge in [-0.3, -0.25) is 4.79 Å². The van der Waals surface area contributed by atoms with Crippen molar-refractivity contribution in [1.82, 2.24) is 15.6 Å². The van der Waals surface area contributed by atoms with Gasteiger partial charge in [-0.05, 0) is 43.5 Å². The van der Waals surface area contributed by atoms with Crippen LogP contribution >= 0.6 is 0 Å². The van der Waals surface area contributed by atoms with Crippen LogP contribution in [0.4, 0.5) is 0 Å². The fourth-order valence-corrected chi connectivity index (χ4v) is 2.52. The minimum absolute atomic E-state index is 0.124. The molecule has 1 aromatic carbocycles. The standard InChI is InChI=1S/C16H19N3O3/c20-12-5-3-11(4-6-12)7-9-18-15(21)14-10-22-16(19-14)13-2-1-8-17-13/h3-6,10,13,17,20H,1-2,7-9H2,(H,18,21). The highest BCUT2D eigenvalue weighted by Crippen LogP contribution is 2.22. The Morgan fingerprint density at radius 3 is 2.95 bits per heavy atom. The number of amides is 1. The molecule has 116 valence electrons. The van der Waals surface area contributed by atoms with E-state index in [4.69, 9.17) is 4.42 Å². The third-order valence-electron chi connectivity index (χ3n) is 3.75. The Morgan fingerprint density at radius 2 is 2.23 bits per heavy atom. The Hall–Kier alpha value is -2.34. The lowest BCUT2D eigenvalue weighted by Crippen LogP contribution is -2.26. The molecule has 2 aromatic rings. The summed E-state index contributed by atoms with van der Waals surface area (Å²) in [6, 6.07) is 7.06. The maximum absolute atomic E-state index is 12.0. The van der Waals surface area contributed by atoms with Crippen molar-refractivity contribution in [2.45, 2.75) is 25.3 Å². The molecule has 0 radical (unpaired) electrons. The number of phenolic OH excluding ortho intramolecular Hbond substituents is 1. The molecule has 1 unspecified atom stereocenters. The van der Waals surface area contributed by atoms with Gasteiger partial charge in [-0.2, -0.15) is 0 Å². The second-order valence-electron chi connectivity index (χ2n) is 5.39. The number of hydrogen-bond acceptors (Lipinski definition) is 5. The van der Waals surface area contributed by atoms with Crippen molar-refractivity contribution in [3.8, 4) is 5.75 Å². The van der Waals surface area contributed by atoms with Crippen LogP contribution in [0, 0.1) is 0 Å². The number of aromatic hydroxyl groups is 1. The number of oxazole rings is 1. The molecule has 6 nitrogen and oxygen atoms in total. The van der Waals surface area contributed by atoms with Crippen LogP contribution in [0.15, 0.2) is 34.9 Å². The Balaban J connectivity index is 1.50. The maximum Gasteiger partial charge on any atom is 0.273 e. The van der Waals surface area contributed by atoms with E-state index in [9.17, 15) is 9.90 Å². The third-order valence-corrected chi connectivity index (χ3v) is 3.75. The summed E-state index contributed by atoms with van der Waals surface area (Å²) in [5.74, 6) is 0.594. The summed E-state index contributed by atoms with van der Waals surface area (Å²) in [6.45, 7) is 1.47. The molecule has 2 heterocycles. The lowest BCUT2D eigenvalue weighted by Gasteiger charge is -2.04. The van der Waals surface area contributed by atoms with E-state index in [1.54, 1.807) is 12.1 Å². The summed E-state index contributed by atoms with van der Waals surface area (Å²) in [6.07, 6.45) is 4.19. The fourth-order valence-electron chi connectivity index (χ4n) is 2.52. The predicted molar refractivity (Wildman–Crippen MR) is 80.6 cm³/mol. The van der Waals surface area contributed by atoms with Gasteiger partial charge in [-0.25, -0.2) is 4.98 Å². The summed E-state index contributed by atoms with van der Waals surface area (Å²) in [4.78, 5) is 16.3. The second-order valence-corrected chi connectivity index (χ2v) is 5.39. The molecule has 1 aromatic heterocycles. The van der Waals surface area contributed by atoms with Crippen molar-refractivity contribution in [1.29, 1.82) is 0 Å². The van der Waals surface area contributed by atoms with Crippen LogP contribution in [0.1, 0.15) is 40.8 Å². The van der Waals surface area contributed by atoms with Crippen LogP contribution in [0.5, 0.6) is 5.75 Å². The lowest BCUT2D eigenvalue weighted by atomic mass is 10.1. The first-order valence-corrected chi connectivity index (χ1v) is 7.47. The first-order chi connectivity index (χ1) is 10.7. The van der Waals surface area contributed by atoms with Gasteiger partial charge in [-0.1, -0.05) is 12.1 Å². The zero-order valence-corrected chi connectivity index (χ0v) is 12.2. The van der Waals surface area contributed by atoms with Gasteiger partial charge in [-0.15, -0.1) is 0 Å². The first kappa shape index (κ1) is 14.6. The molecule has 1 atom stereocenters. The molecule has 1 fully saturated rings. The van der Waals surface area contributed by atoms with Gasteiger partial charge in [0.1, 0.15) is 12.0 Å². The summed E-state index contributed by atoms with van der Waals surface area (Å²) < 4.78 is 5.39. The van der Waals surface area contributed by atoms with Crippen LogP contribution in [0.2, 0.25) is 0 Å². The molecule has 1 saturated heterocycles. The number of nitrogens with one attached hydrogen (secondary N) is 2. The van der Waals surface area contributed by atoms with Gasteiger partial charge in [0.25, 0.3) is 5.91 Å². The molecular formula is C16H19N3O3. The predicted octanol–water partition coefficient (Wildman–Crippen LogP) is 1.78. The van der Waals surface area contributed by atoms with Gasteiger partial charge in [0.15, 0.2) is 5.69 Å². The molecule has 22 heavy (non-hydrogen) atoms. The quantitative estimate of drug-likeness (QED) is 0.783. The Bertz CT molecular complexity index is 630. The molecule has 0 bridgehead atoms. The zero-order chi connectivity index (χ0) is 15.4. The average molecular weight is 301 g/mol. The van der Waals surface area contributed by atoms with Gasteiger partial charge in [0.2, 0.25) is 5.89 Å². The van der Waals surface area contributed by atoms with E-state index in [2.05, 4.69) is 15.6 Å². The molecule has 0 spiro atoms. The van der Waals surface area contributed by atoms with Crippen molar-refractivity contribution < 1.29 is 14.3 Å². The summed E-state index contributed by atoms with van der Waals surface area (Å²) in [7, 11) is 0.